The third-order valence-corrected chi connectivity index (χ3v) is 8.55. The zero-order valence-corrected chi connectivity index (χ0v) is 19.3. The second kappa shape index (κ2) is 9.97. The largest absolute Gasteiger partial charge is 0.0654 e. The molecule has 0 aromatic rings. The van der Waals surface area contributed by atoms with Crippen LogP contribution in [0.1, 0.15) is 119 Å². The molecule has 2 aliphatic carbocycles. The van der Waals surface area contributed by atoms with Gasteiger partial charge in [-0.25, -0.2) is 0 Å². The van der Waals surface area contributed by atoms with Gasteiger partial charge in [-0.3, -0.25) is 0 Å². The Balaban J connectivity index is 2.05. The summed E-state index contributed by atoms with van der Waals surface area (Å²) in [6.07, 6.45) is 16.2. The molecule has 2 fully saturated rings. The van der Waals surface area contributed by atoms with Crippen molar-refractivity contribution in [3.63, 3.8) is 0 Å². The molecule has 0 aromatic heterocycles. The van der Waals surface area contributed by atoms with E-state index in [1.807, 2.05) is 0 Å². The van der Waals surface area contributed by atoms with Crippen LogP contribution in [0.3, 0.4) is 0 Å². The highest BCUT2D eigenvalue weighted by Crippen LogP contribution is 2.67. The number of unbranched alkanes of at least 4 members (excludes halogenated alkanes) is 1. The number of fused-ring (bicyclic) bond motifs is 1. The summed E-state index contributed by atoms with van der Waals surface area (Å²) in [7, 11) is 0. The molecule has 2 aliphatic rings. The third-order valence-electron chi connectivity index (χ3n) is 8.55. The van der Waals surface area contributed by atoms with Crippen molar-refractivity contribution in [3.05, 3.63) is 0 Å². The molecule has 2 rings (SSSR count). The van der Waals surface area contributed by atoms with Crippen LogP contribution in [0, 0.1) is 46.8 Å². The highest BCUT2D eigenvalue weighted by Gasteiger charge is 2.60. The van der Waals surface area contributed by atoms with Gasteiger partial charge in [0.2, 0.25) is 0 Å². The van der Waals surface area contributed by atoms with Gasteiger partial charge in [0.15, 0.2) is 0 Å². The summed E-state index contributed by atoms with van der Waals surface area (Å²) in [6.45, 7) is 17.5. The first-order valence-electron chi connectivity index (χ1n) is 12.3. The van der Waals surface area contributed by atoms with Crippen LogP contribution in [0.25, 0.3) is 0 Å². The fourth-order valence-electron chi connectivity index (χ4n) is 7.11. The smallest absolute Gasteiger partial charge is 0.0259 e. The van der Waals surface area contributed by atoms with Crippen molar-refractivity contribution in [2.45, 2.75) is 119 Å². The van der Waals surface area contributed by atoms with E-state index in [9.17, 15) is 0 Å². The number of rotatable bonds is 10. The van der Waals surface area contributed by atoms with E-state index in [-0.39, 0.29) is 0 Å². The minimum Gasteiger partial charge on any atom is -0.0654 e. The van der Waals surface area contributed by atoms with Crippen molar-refractivity contribution >= 4 is 0 Å². The molecule has 0 aromatic carbocycles. The molecule has 7 atom stereocenters. The highest BCUT2D eigenvalue weighted by atomic mass is 14.6. The van der Waals surface area contributed by atoms with E-state index in [1.165, 1.54) is 70.6 Å². The van der Waals surface area contributed by atoms with Crippen molar-refractivity contribution in [1.82, 2.24) is 0 Å². The Kier molecular flexibility index (Phi) is 8.55. The van der Waals surface area contributed by atoms with Gasteiger partial charge in [0.05, 0.1) is 0 Å². The average molecular weight is 363 g/mol. The van der Waals surface area contributed by atoms with Gasteiger partial charge in [0, 0.05) is 0 Å². The normalized spacial score (nSPS) is 36.9. The quantitative estimate of drug-likeness (QED) is 0.341. The lowest BCUT2D eigenvalue weighted by Crippen LogP contribution is -2.36. The molecule has 0 nitrogen and oxygen atoms in total. The third kappa shape index (κ3) is 5.29. The molecule has 26 heavy (non-hydrogen) atoms. The van der Waals surface area contributed by atoms with Gasteiger partial charge in [0.1, 0.15) is 0 Å². The summed E-state index contributed by atoms with van der Waals surface area (Å²) in [5.41, 5.74) is 0.607. The highest BCUT2D eigenvalue weighted by molar-refractivity contribution is 5.08. The summed E-state index contributed by atoms with van der Waals surface area (Å²) < 4.78 is 0. The van der Waals surface area contributed by atoms with Crippen molar-refractivity contribution in [1.29, 1.82) is 0 Å². The van der Waals surface area contributed by atoms with Crippen LogP contribution in [-0.2, 0) is 0 Å². The van der Waals surface area contributed by atoms with Crippen molar-refractivity contribution in [2.75, 3.05) is 0 Å². The Morgan fingerprint density at radius 3 is 2.35 bits per heavy atom. The molecule has 154 valence electrons. The van der Waals surface area contributed by atoms with Gasteiger partial charge < -0.3 is 0 Å². The van der Waals surface area contributed by atoms with E-state index in [4.69, 9.17) is 0 Å². The average Bonchev–Trinajstić information content (AvgIpc) is 3.27. The molecule has 0 spiro atoms. The molecule has 0 heterocycles. The van der Waals surface area contributed by atoms with Crippen molar-refractivity contribution in [3.8, 4) is 0 Å². The first-order valence-corrected chi connectivity index (χ1v) is 12.3. The fourth-order valence-corrected chi connectivity index (χ4v) is 7.11. The van der Waals surface area contributed by atoms with E-state index >= 15 is 0 Å². The Morgan fingerprint density at radius 2 is 1.73 bits per heavy atom. The van der Waals surface area contributed by atoms with Gasteiger partial charge in [-0.15, -0.1) is 0 Å². The monoisotopic (exact) mass is 362 g/mol. The lowest BCUT2D eigenvalue weighted by Gasteiger charge is -2.44. The van der Waals surface area contributed by atoms with Gasteiger partial charge in [-0.05, 0) is 72.5 Å². The van der Waals surface area contributed by atoms with E-state index in [1.54, 1.807) is 0 Å². The maximum Gasteiger partial charge on any atom is -0.0259 e. The molecule has 0 heteroatoms. The van der Waals surface area contributed by atoms with Gasteiger partial charge >= 0.3 is 0 Å². The topological polar surface area (TPSA) is 0 Å². The standard InChI is InChI=1S/C26H50/c1-8-13-24(19(3)4)26(7)18-21(6)15-12-17-23-22(25(23)26)16-11-10-14-20(5)9-2/h19-25H,8-18H2,1-7H3. The first kappa shape index (κ1) is 22.3. The summed E-state index contributed by atoms with van der Waals surface area (Å²) in [5.74, 6) is 6.85. The molecule has 0 amide bonds. The minimum atomic E-state index is 0.607. The number of hydrogen-bond donors (Lipinski definition) is 0. The minimum absolute atomic E-state index is 0.607. The predicted molar refractivity (Wildman–Crippen MR) is 117 cm³/mol. The van der Waals surface area contributed by atoms with E-state index in [0.717, 1.165) is 41.4 Å². The Hall–Kier alpha value is 0. The molecule has 0 bridgehead atoms. The summed E-state index contributed by atoms with van der Waals surface area (Å²) >= 11 is 0. The Morgan fingerprint density at radius 1 is 1.00 bits per heavy atom. The van der Waals surface area contributed by atoms with E-state index in [0.29, 0.717) is 5.41 Å². The van der Waals surface area contributed by atoms with Crippen LogP contribution in [0.2, 0.25) is 0 Å². The van der Waals surface area contributed by atoms with Crippen molar-refractivity contribution in [2.24, 2.45) is 46.8 Å². The summed E-state index contributed by atoms with van der Waals surface area (Å²) in [5, 5.41) is 0. The van der Waals surface area contributed by atoms with E-state index < -0.39 is 0 Å². The van der Waals surface area contributed by atoms with Crippen LogP contribution >= 0.6 is 0 Å². The molecular weight excluding hydrogens is 312 g/mol. The lowest BCUT2D eigenvalue weighted by atomic mass is 9.61. The van der Waals surface area contributed by atoms with Gasteiger partial charge in [-0.2, -0.15) is 0 Å². The van der Waals surface area contributed by atoms with Crippen LogP contribution in [0.5, 0.6) is 0 Å². The zero-order valence-electron chi connectivity index (χ0n) is 19.3. The van der Waals surface area contributed by atoms with Crippen LogP contribution in [-0.4, -0.2) is 0 Å². The fraction of sp³-hybridized carbons (Fsp3) is 1.00. The molecule has 2 saturated carbocycles. The second-order valence-corrected chi connectivity index (χ2v) is 11.0. The molecule has 0 saturated heterocycles. The zero-order chi connectivity index (χ0) is 19.3. The van der Waals surface area contributed by atoms with Gasteiger partial charge in [0.25, 0.3) is 0 Å². The molecule has 0 N–H and O–H groups in total. The maximum atomic E-state index is 2.73. The molecule has 0 aliphatic heterocycles. The maximum absolute atomic E-state index is 2.73. The predicted octanol–water partition coefficient (Wildman–Crippen LogP) is 8.74. The first-order chi connectivity index (χ1) is 12.3. The van der Waals surface area contributed by atoms with Gasteiger partial charge in [-0.1, -0.05) is 93.4 Å². The molecule has 7 unspecified atom stereocenters. The SMILES string of the molecule is CCCC(C(C)C)C1(C)CC(C)CCCC2C(CCCCC(C)CC)C21. The van der Waals surface area contributed by atoms with Crippen molar-refractivity contribution < 1.29 is 0 Å². The van der Waals surface area contributed by atoms with Crippen LogP contribution in [0.4, 0.5) is 0 Å². The molecule has 0 radical (unpaired) electrons. The Labute approximate surface area is 166 Å². The van der Waals surface area contributed by atoms with Crippen LogP contribution < -0.4 is 0 Å². The summed E-state index contributed by atoms with van der Waals surface area (Å²) in [4.78, 5) is 0. The van der Waals surface area contributed by atoms with E-state index in [2.05, 4.69) is 48.5 Å². The summed E-state index contributed by atoms with van der Waals surface area (Å²) in [6, 6.07) is 0. The second-order valence-electron chi connectivity index (χ2n) is 11.0. The Bertz CT molecular complexity index is 397. The lowest BCUT2D eigenvalue weighted by molar-refractivity contribution is 0.0488. The molecular formula is C26H50. The number of hydrogen-bond acceptors (Lipinski definition) is 0. The van der Waals surface area contributed by atoms with Crippen LogP contribution in [0.15, 0.2) is 0 Å².